The maximum absolute atomic E-state index is 13.6. The van der Waals surface area contributed by atoms with Gasteiger partial charge < -0.3 is 10.2 Å². The van der Waals surface area contributed by atoms with Gasteiger partial charge in [0.2, 0.25) is 15.9 Å². The molecule has 2 aromatic rings. The Bertz CT molecular complexity index is 1280. The second-order valence-corrected chi connectivity index (χ2v) is 13.8. The van der Waals surface area contributed by atoms with E-state index in [-0.39, 0.29) is 17.5 Å². The highest BCUT2D eigenvalue weighted by atomic mass is 32.2. The number of rotatable bonds is 9. The molecule has 8 heteroatoms. The van der Waals surface area contributed by atoms with Crippen LogP contribution >= 0.6 is 0 Å². The summed E-state index contributed by atoms with van der Waals surface area (Å²) in [5, 5.41) is 3.67. The van der Waals surface area contributed by atoms with Crippen LogP contribution in [0.15, 0.2) is 64.5 Å². The molecule has 1 aliphatic heterocycles. The molecule has 4 bridgehead atoms. The summed E-state index contributed by atoms with van der Waals surface area (Å²) >= 11 is 0. The van der Waals surface area contributed by atoms with E-state index >= 15 is 0 Å². The summed E-state index contributed by atoms with van der Waals surface area (Å²) in [6, 6.07) is 17.3. The molecule has 0 aromatic heterocycles. The van der Waals surface area contributed by atoms with Gasteiger partial charge in [-0.1, -0.05) is 42.5 Å². The standard InChI is InChI=1S/C30H38N4O3S/c1-31-19-26-8-5-13-34(26)28(35)20-32-29-15-22-14-23(16-29)18-30(17-22,21-29)33-38(36,37)27-11-9-25(10-12-27)24-6-3-2-4-7-24/h2-4,6-7,9-12,22-23,26,32-33H,1,5,8,13-21H2. The van der Waals surface area contributed by atoms with Crippen molar-refractivity contribution in [2.75, 3.05) is 19.6 Å². The van der Waals surface area contributed by atoms with E-state index in [2.05, 4.69) is 21.7 Å². The minimum absolute atomic E-state index is 0.125. The van der Waals surface area contributed by atoms with Gasteiger partial charge in [-0.15, -0.1) is 0 Å². The van der Waals surface area contributed by atoms with Crippen molar-refractivity contribution in [1.29, 1.82) is 0 Å². The first-order valence-electron chi connectivity index (χ1n) is 14.0. The summed E-state index contributed by atoms with van der Waals surface area (Å²) < 4.78 is 30.4. The first-order valence-corrected chi connectivity index (χ1v) is 15.4. The molecule has 202 valence electrons. The fourth-order valence-corrected chi connectivity index (χ4v) is 9.68. The molecule has 5 aliphatic rings. The van der Waals surface area contributed by atoms with Gasteiger partial charge in [-0.3, -0.25) is 9.79 Å². The van der Waals surface area contributed by atoms with Gasteiger partial charge in [-0.25, -0.2) is 13.1 Å². The minimum Gasteiger partial charge on any atom is -0.337 e. The number of hydrogen-bond acceptors (Lipinski definition) is 5. The van der Waals surface area contributed by atoms with Gasteiger partial charge in [-0.2, -0.15) is 0 Å². The lowest BCUT2D eigenvalue weighted by Gasteiger charge is -2.62. The third-order valence-electron chi connectivity index (χ3n) is 9.34. The van der Waals surface area contributed by atoms with Gasteiger partial charge in [0.1, 0.15) is 0 Å². The Morgan fingerprint density at radius 3 is 2.32 bits per heavy atom. The smallest absolute Gasteiger partial charge is 0.241 e. The number of nitrogens with one attached hydrogen (secondary N) is 2. The maximum Gasteiger partial charge on any atom is 0.241 e. The lowest BCUT2D eigenvalue weighted by Crippen LogP contribution is -2.69. The van der Waals surface area contributed by atoms with E-state index in [1.54, 1.807) is 12.1 Å². The molecule has 2 aromatic carbocycles. The number of carbonyl (C=O) groups excluding carboxylic acids is 1. The van der Waals surface area contributed by atoms with Crippen molar-refractivity contribution in [2.24, 2.45) is 16.8 Å². The lowest BCUT2D eigenvalue weighted by atomic mass is 9.50. The molecule has 1 saturated heterocycles. The number of aliphatic imine (C=N–C) groups is 1. The summed E-state index contributed by atoms with van der Waals surface area (Å²) in [6.45, 7) is 5.29. The average Bonchev–Trinajstić information content (AvgIpc) is 3.35. The topological polar surface area (TPSA) is 90.9 Å². The summed E-state index contributed by atoms with van der Waals surface area (Å²) in [5.41, 5.74) is 1.41. The monoisotopic (exact) mass is 534 g/mol. The van der Waals surface area contributed by atoms with Crippen LogP contribution < -0.4 is 10.0 Å². The Morgan fingerprint density at radius 2 is 1.63 bits per heavy atom. The second kappa shape index (κ2) is 9.88. The predicted molar refractivity (Wildman–Crippen MR) is 149 cm³/mol. The first-order chi connectivity index (χ1) is 18.3. The molecule has 4 aliphatic carbocycles. The van der Waals surface area contributed by atoms with E-state index in [9.17, 15) is 13.2 Å². The van der Waals surface area contributed by atoms with Crippen molar-refractivity contribution in [3.63, 3.8) is 0 Å². The van der Waals surface area contributed by atoms with E-state index in [1.807, 2.05) is 47.4 Å². The maximum atomic E-state index is 13.6. The van der Waals surface area contributed by atoms with Gasteiger partial charge in [0, 0.05) is 17.6 Å². The van der Waals surface area contributed by atoms with Crippen LogP contribution in [0.2, 0.25) is 0 Å². The molecular formula is C30H38N4O3S. The normalized spacial score (nSPS) is 32.0. The third kappa shape index (κ3) is 4.94. The zero-order valence-electron chi connectivity index (χ0n) is 21.9. The van der Waals surface area contributed by atoms with Crippen LogP contribution in [-0.2, 0) is 14.8 Å². The van der Waals surface area contributed by atoms with Crippen molar-refractivity contribution in [2.45, 2.75) is 73.4 Å². The molecule has 7 nitrogen and oxygen atoms in total. The second-order valence-electron chi connectivity index (χ2n) is 12.2. The zero-order chi connectivity index (χ0) is 26.4. The summed E-state index contributed by atoms with van der Waals surface area (Å²) in [4.78, 5) is 19.4. The van der Waals surface area contributed by atoms with Crippen LogP contribution in [0.1, 0.15) is 51.4 Å². The fraction of sp³-hybridized carbons (Fsp3) is 0.533. The average molecular weight is 535 g/mol. The fourth-order valence-electron chi connectivity index (χ4n) is 8.26. The molecule has 4 saturated carbocycles. The predicted octanol–water partition coefficient (Wildman–Crippen LogP) is 4.00. The van der Waals surface area contributed by atoms with Crippen molar-refractivity contribution in [1.82, 2.24) is 14.9 Å². The van der Waals surface area contributed by atoms with Crippen molar-refractivity contribution in [3.05, 3.63) is 54.6 Å². The first kappa shape index (κ1) is 25.7. The third-order valence-corrected chi connectivity index (χ3v) is 10.9. The highest BCUT2D eigenvalue weighted by molar-refractivity contribution is 7.89. The van der Waals surface area contributed by atoms with E-state index in [0.29, 0.717) is 29.8 Å². The molecule has 1 amide bonds. The summed E-state index contributed by atoms with van der Waals surface area (Å²) in [6.07, 6.45) is 7.68. The Kier molecular flexibility index (Phi) is 6.69. The number of likely N-dealkylation sites (tertiary alicyclic amines) is 1. The van der Waals surface area contributed by atoms with Gasteiger partial charge in [-0.05, 0) is 93.2 Å². The van der Waals surface area contributed by atoms with E-state index in [4.69, 9.17) is 0 Å². The Hall–Kier alpha value is -2.55. The number of benzene rings is 2. The molecule has 0 radical (unpaired) electrons. The van der Waals surface area contributed by atoms with Gasteiger partial charge in [0.25, 0.3) is 0 Å². The van der Waals surface area contributed by atoms with Gasteiger partial charge >= 0.3 is 0 Å². The van der Waals surface area contributed by atoms with Gasteiger partial charge in [0.15, 0.2) is 0 Å². The molecule has 0 spiro atoms. The van der Waals surface area contributed by atoms with E-state index in [0.717, 1.165) is 69.0 Å². The molecule has 7 rings (SSSR count). The van der Waals surface area contributed by atoms with Crippen LogP contribution in [0, 0.1) is 11.8 Å². The molecule has 5 fully saturated rings. The van der Waals surface area contributed by atoms with Crippen LogP contribution in [0.3, 0.4) is 0 Å². The molecule has 1 heterocycles. The number of nitrogens with zero attached hydrogens (tertiary/aromatic N) is 2. The quantitative estimate of drug-likeness (QED) is 0.476. The Morgan fingerprint density at radius 1 is 0.974 bits per heavy atom. The van der Waals surface area contributed by atoms with E-state index < -0.39 is 15.6 Å². The molecule has 2 N–H and O–H groups in total. The highest BCUT2D eigenvalue weighted by Crippen LogP contribution is 2.57. The van der Waals surface area contributed by atoms with E-state index in [1.165, 1.54) is 0 Å². The summed E-state index contributed by atoms with van der Waals surface area (Å²) in [5.74, 6) is 1.08. The van der Waals surface area contributed by atoms with Crippen molar-refractivity contribution < 1.29 is 13.2 Å². The molecule has 3 atom stereocenters. The van der Waals surface area contributed by atoms with Crippen LogP contribution in [0.25, 0.3) is 11.1 Å². The molecular weight excluding hydrogens is 496 g/mol. The summed E-state index contributed by atoms with van der Waals surface area (Å²) in [7, 11) is -3.68. The Labute approximate surface area is 226 Å². The lowest BCUT2D eigenvalue weighted by molar-refractivity contribution is -0.132. The number of sulfonamides is 1. The highest BCUT2D eigenvalue weighted by Gasteiger charge is 2.58. The molecule has 3 unspecified atom stereocenters. The van der Waals surface area contributed by atoms with Crippen LogP contribution in [0.5, 0.6) is 0 Å². The van der Waals surface area contributed by atoms with Gasteiger partial charge in [0.05, 0.1) is 24.0 Å². The largest absolute Gasteiger partial charge is 0.337 e. The number of carbonyl (C=O) groups is 1. The van der Waals surface area contributed by atoms with Crippen molar-refractivity contribution >= 4 is 22.6 Å². The zero-order valence-corrected chi connectivity index (χ0v) is 22.8. The number of amides is 1. The van der Waals surface area contributed by atoms with Crippen molar-refractivity contribution in [3.8, 4) is 11.1 Å². The molecule has 38 heavy (non-hydrogen) atoms. The minimum atomic E-state index is -3.68. The SMILES string of the molecule is C=NCC1CCCN1C(=O)CNC12CC3CC(C1)CC(NS(=O)(=O)c1ccc(-c4ccccc4)cc1)(C3)C2. The van der Waals surface area contributed by atoms with Crippen LogP contribution in [0.4, 0.5) is 0 Å². The number of hydrogen-bond donors (Lipinski definition) is 2. The Balaban J connectivity index is 1.16. The van der Waals surface area contributed by atoms with Crippen LogP contribution in [-0.4, -0.2) is 62.7 Å².